The Morgan fingerprint density at radius 1 is 1.24 bits per heavy atom. The molecule has 0 saturated carbocycles. The van der Waals surface area contributed by atoms with Crippen molar-refractivity contribution in [1.82, 2.24) is 9.80 Å². The summed E-state index contributed by atoms with van der Waals surface area (Å²) >= 11 is 0. The molecule has 6 heteroatoms. The van der Waals surface area contributed by atoms with E-state index in [-0.39, 0.29) is 11.8 Å². The Balaban J connectivity index is 2.35. The standard InChI is InChI=1S/C11H21N3O3/c1-8(10(12)15)7-13-3-5-14(6-4-13)9(2)11(16)17/h8-9H,3-7H2,1-2H3,(H2,12,15)(H,16,17). The smallest absolute Gasteiger partial charge is 0.320 e. The zero-order valence-electron chi connectivity index (χ0n) is 10.4. The summed E-state index contributed by atoms with van der Waals surface area (Å²) in [6.07, 6.45) is 0. The molecule has 17 heavy (non-hydrogen) atoms. The number of nitrogens with two attached hydrogens (primary N) is 1. The Morgan fingerprint density at radius 3 is 2.18 bits per heavy atom. The lowest BCUT2D eigenvalue weighted by atomic mass is 10.1. The van der Waals surface area contributed by atoms with Crippen LogP contribution >= 0.6 is 0 Å². The average Bonchev–Trinajstić information content (AvgIpc) is 2.28. The number of primary amides is 1. The van der Waals surface area contributed by atoms with Gasteiger partial charge < -0.3 is 15.7 Å². The Kier molecular flexibility index (Phi) is 4.89. The van der Waals surface area contributed by atoms with E-state index in [1.165, 1.54) is 0 Å². The lowest BCUT2D eigenvalue weighted by molar-refractivity contribution is -0.143. The number of carbonyl (C=O) groups excluding carboxylic acids is 1. The molecule has 0 aromatic carbocycles. The predicted molar refractivity (Wildman–Crippen MR) is 63.5 cm³/mol. The maximum atomic E-state index is 10.9. The first kappa shape index (κ1) is 13.9. The number of carboxylic acids is 1. The van der Waals surface area contributed by atoms with Gasteiger partial charge in [-0.2, -0.15) is 0 Å². The molecule has 0 spiro atoms. The SMILES string of the molecule is CC(CN1CCN(C(C)C(=O)O)CC1)C(N)=O. The summed E-state index contributed by atoms with van der Waals surface area (Å²) in [5.41, 5.74) is 5.21. The molecule has 1 fully saturated rings. The number of carbonyl (C=O) groups is 2. The van der Waals surface area contributed by atoms with Gasteiger partial charge in [-0.05, 0) is 6.92 Å². The van der Waals surface area contributed by atoms with Crippen LogP contribution in [0.15, 0.2) is 0 Å². The average molecular weight is 243 g/mol. The summed E-state index contributed by atoms with van der Waals surface area (Å²) in [4.78, 5) is 25.9. The number of hydrogen-bond acceptors (Lipinski definition) is 4. The van der Waals surface area contributed by atoms with Crippen LogP contribution in [-0.4, -0.2) is 65.5 Å². The van der Waals surface area contributed by atoms with Gasteiger partial charge in [-0.25, -0.2) is 0 Å². The minimum Gasteiger partial charge on any atom is -0.480 e. The van der Waals surface area contributed by atoms with Crippen molar-refractivity contribution >= 4 is 11.9 Å². The number of carboxylic acid groups (broad SMARTS) is 1. The third-order valence-electron chi connectivity index (χ3n) is 3.33. The molecule has 2 atom stereocenters. The van der Waals surface area contributed by atoms with Crippen molar-refractivity contribution < 1.29 is 14.7 Å². The largest absolute Gasteiger partial charge is 0.480 e. The molecule has 0 radical (unpaired) electrons. The molecule has 1 saturated heterocycles. The molecule has 0 bridgehead atoms. The molecule has 0 aromatic rings. The van der Waals surface area contributed by atoms with Crippen LogP contribution in [0.2, 0.25) is 0 Å². The van der Waals surface area contributed by atoms with Crippen molar-refractivity contribution in [1.29, 1.82) is 0 Å². The quantitative estimate of drug-likeness (QED) is 0.660. The van der Waals surface area contributed by atoms with Gasteiger partial charge in [0.15, 0.2) is 0 Å². The van der Waals surface area contributed by atoms with Crippen molar-refractivity contribution in [2.45, 2.75) is 19.9 Å². The molecule has 1 aliphatic rings. The second kappa shape index (κ2) is 5.97. The molecule has 1 aliphatic heterocycles. The summed E-state index contributed by atoms with van der Waals surface area (Å²) in [5, 5.41) is 8.90. The highest BCUT2D eigenvalue weighted by atomic mass is 16.4. The number of amides is 1. The van der Waals surface area contributed by atoms with E-state index in [4.69, 9.17) is 10.8 Å². The van der Waals surface area contributed by atoms with E-state index in [1.54, 1.807) is 6.92 Å². The van der Waals surface area contributed by atoms with E-state index in [0.717, 1.165) is 26.2 Å². The van der Waals surface area contributed by atoms with E-state index in [0.29, 0.717) is 6.54 Å². The molecular weight excluding hydrogens is 222 g/mol. The van der Waals surface area contributed by atoms with Gasteiger partial charge in [0.1, 0.15) is 6.04 Å². The van der Waals surface area contributed by atoms with Crippen molar-refractivity contribution in [2.75, 3.05) is 32.7 Å². The molecule has 0 aromatic heterocycles. The third kappa shape index (κ3) is 3.98. The van der Waals surface area contributed by atoms with Gasteiger partial charge in [0, 0.05) is 38.6 Å². The first-order chi connectivity index (χ1) is 7.91. The van der Waals surface area contributed by atoms with Crippen LogP contribution in [0, 0.1) is 5.92 Å². The Morgan fingerprint density at radius 2 is 1.76 bits per heavy atom. The van der Waals surface area contributed by atoms with Crippen molar-refractivity contribution in [3.8, 4) is 0 Å². The van der Waals surface area contributed by atoms with Gasteiger partial charge >= 0.3 is 5.97 Å². The normalized spacial score (nSPS) is 22.0. The molecule has 0 aliphatic carbocycles. The maximum Gasteiger partial charge on any atom is 0.320 e. The van der Waals surface area contributed by atoms with E-state index < -0.39 is 12.0 Å². The molecule has 1 amide bonds. The Labute approximate surface area is 101 Å². The van der Waals surface area contributed by atoms with Gasteiger partial charge in [-0.3, -0.25) is 14.5 Å². The van der Waals surface area contributed by atoms with Gasteiger partial charge in [-0.1, -0.05) is 6.92 Å². The highest BCUT2D eigenvalue weighted by Gasteiger charge is 2.26. The second-order valence-electron chi connectivity index (χ2n) is 4.65. The fraction of sp³-hybridized carbons (Fsp3) is 0.818. The number of rotatable bonds is 5. The summed E-state index contributed by atoms with van der Waals surface area (Å²) < 4.78 is 0. The van der Waals surface area contributed by atoms with E-state index in [9.17, 15) is 9.59 Å². The summed E-state index contributed by atoms with van der Waals surface area (Å²) in [5.74, 6) is -1.23. The van der Waals surface area contributed by atoms with Crippen LogP contribution in [0.5, 0.6) is 0 Å². The first-order valence-electron chi connectivity index (χ1n) is 5.90. The van der Waals surface area contributed by atoms with Crippen molar-refractivity contribution in [2.24, 2.45) is 11.7 Å². The summed E-state index contributed by atoms with van der Waals surface area (Å²) in [6, 6.07) is -0.439. The van der Waals surface area contributed by atoms with Crippen LogP contribution in [0.3, 0.4) is 0 Å². The predicted octanol–water partition coefficient (Wildman–Crippen LogP) is -0.801. The molecular formula is C11H21N3O3. The lowest BCUT2D eigenvalue weighted by Gasteiger charge is -2.37. The molecule has 6 nitrogen and oxygen atoms in total. The van der Waals surface area contributed by atoms with Crippen molar-refractivity contribution in [3.05, 3.63) is 0 Å². The third-order valence-corrected chi connectivity index (χ3v) is 3.33. The zero-order valence-corrected chi connectivity index (χ0v) is 10.4. The molecule has 1 heterocycles. The van der Waals surface area contributed by atoms with E-state index in [2.05, 4.69) is 4.90 Å². The summed E-state index contributed by atoms with van der Waals surface area (Å²) in [6.45, 7) is 7.19. The van der Waals surface area contributed by atoms with Crippen molar-refractivity contribution in [3.63, 3.8) is 0 Å². The fourth-order valence-electron chi connectivity index (χ4n) is 1.97. The molecule has 3 N–H and O–H groups in total. The van der Waals surface area contributed by atoms with Crippen LogP contribution < -0.4 is 5.73 Å². The number of hydrogen-bond donors (Lipinski definition) is 2. The van der Waals surface area contributed by atoms with Gasteiger partial charge in [-0.15, -0.1) is 0 Å². The van der Waals surface area contributed by atoms with E-state index >= 15 is 0 Å². The summed E-state index contributed by atoms with van der Waals surface area (Å²) in [7, 11) is 0. The lowest BCUT2D eigenvalue weighted by Crippen LogP contribution is -2.52. The van der Waals surface area contributed by atoms with Gasteiger partial charge in [0.2, 0.25) is 5.91 Å². The monoisotopic (exact) mass is 243 g/mol. The van der Waals surface area contributed by atoms with Crippen LogP contribution in [-0.2, 0) is 9.59 Å². The van der Waals surface area contributed by atoms with Gasteiger partial charge in [0.05, 0.1) is 0 Å². The highest BCUT2D eigenvalue weighted by molar-refractivity contribution is 5.76. The Bertz CT molecular complexity index is 288. The first-order valence-corrected chi connectivity index (χ1v) is 5.90. The molecule has 1 rings (SSSR count). The second-order valence-corrected chi connectivity index (χ2v) is 4.65. The topological polar surface area (TPSA) is 86.9 Å². The number of nitrogens with zero attached hydrogens (tertiary/aromatic N) is 2. The van der Waals surface area contributed by atoms with Crippen LogP contribution in [0.1, 0.15) is 13.8 Å². The molecule has 2 unspecified atom stereocenters. The van der Waals surface area contributed by atoms with Crippen LogP contribution in [0.25, 0.3) is 0 Å². The van der Waals surface area contributed by atoms with E-state index in [1.807, 2.05) is 11.8 Å². The van der Waals surface area contributed by atoms with Crippen LogP contribution in [0.4, 0.5) is 0 Å². The Hall–Kier alpha value is -1.14. The highest BCUT2D eigenvalue weighted by Crippen LogP contribution is 2.08. The fourth-order valence-corrected chi connectivity index (χ4v) is 1.97. The maximum absolute atomic E-state index is 10.9. The minimum atomic E-state index is -0.788. The zero-order chi connectivity index (χ0) is 13.0. The van der Waals surface area contributed by atoms with Gasteiger partial charge in [0.25, 0.3) is 0 Å². The number of piperazine rings is 1. The minimum absolute atomic E-state index is 0.154. The number of aliphatic carboxylic acids is 1. The molecule has 98 valence electrons.